The summed E-state index contributed by atoms with van der Waals surface area (Å²) in [6.45, 7) is -0.0116. The number of amides is 1. The van der Waals surface area contributed by atoms with Gasteiger partial charge in [0.1, 0.15) is 0 Å². The Morgan fingerprint density at radius 1 is 1.31 bits per heavy atom. The normalized spacial score (nSPS) is 15.9. The van der Waals surface area contributed by atoms with Crippen LogP contribution in [0, 0.1) is 5.92 Å². The predicted molar refractivity (Wildman–Crippen MR) is 91.8 cm³/mol. The third kappa shape index (κ3) is 3.69. The largest absolute Gasteiger partial charge is 0.511 e. The van der Waals surface area contributed by atoms with Crippen molar-refractivity contribution in [3.8, 4) is 0 Å². The Kier molecular flexibility index (Phi) is 4.97. The number of alkyl halides is 3. The van der Waals surface area contributed by atoms with Gasteiger partial charge in [-0.2, -0.15) is 13.2 Å². The number of rotatable bonds is 4. The number of hydrogen-bond donors (Lipinski definition) is 1. The van der Waals surface area contributed by atoms with Crippen molar-refractivity contribution in [2.45, 2.75) is 5.51 Å². The quantitative estimate of drug-likeness (QED) is 0.774. The lowest BCUT2D eigenvalue weighted by molar-refractivity contribution is -0.0450. The number of nitrogens with one attached hydrogen (secondary N) is 1. The Bertz CT molecular complexity index is 959. The molecular formula is C15H13BrF3N3O3S. The third-order valence-electron chi connectivity index (χ3n) is 4.05. The van der Waals surface area contributed by atoms with Gasteiger partial charge in [-0.05, 0) is 24.3 Å². The molecule has 1 aromatic heterocycles. The first-order chi connectivity index (χ1) is 12.1. The summed E-state index contributed by atoms with van der Waals surface area (Å²) in [7, 11) is -5.36. The van der Waals surface area contributed by atoms with E-state index in [1.54, 1.807) is 24.3 Å². The van der Waals surface area contributed by atoms with Crippen LogP contribution < -0.4 is 4.72 Å². The van der Waals surface area contributed by atoms with E-state index >= 15 is 0 Å². The number of aromatic nitrogens is 1. The Balaban J connectivity index is 1.65. The number of halogens is 4. The van der Waals surface area contributed by atoms with E-state index in [9.17, 15) is 26.4 Å². The molecule has 1 aromatic carbocycles. The minimum absolute atomic E-state index is 0.178. The smallest absolute Gasteiger partial charge is 0.338 e. The number of nitrogens with zero attached hydrogens (tertiary/aromatic N) is 2. The summed E-state index contributed by atoms with van der Waals surface area (Å²) in [6, 6.07) is 6.91. The van der Waals surface area contributed by atoms with Crippen LogP contribution in [0.2, 0.25) is 0 Å². The van der Waals surface area contributed by atoms with Crippen molar-refractivity contribution in [2.24, 2.45) is 5.92 Å². The number of likely N-dealkylation sites (tertiary alicyclic amines) is 1. The summed E-state index contributed by atoms with van der Waals surface area (Å²) >= 11 is 3.34. The van der Waals surface area contributed by atoms with Gasteiger partial charge in [-0.1, -0.05) is 15.9 Å². The Labute approximate surface area is 155 Å². The first kappa shape index (κ1) is 19.1. The molecule has 140 valence electrons. The summed E-state index contributed by atoms with van der Waals surface area (Å²) in [5, 5.41) is 0.660. The van der Waals surface area contributed by atoms with Crippen molar-refractivity contribution in [1.29, 1.82) is 0 Å². The molecule has 0 aliphatic carbocycles. The first-order valence-corrected chi connectivity index (χ1v) is 9.75. The summed E-state index contributed by atoms with van der Waals surface area (Å²) in [6.07, 6.45) is 1.51. The van der Waals surface area contributed by atoms with E-state index in [2.05, 4.69) is 20.9 Å². The summed E-state index contributed by atoms with van der Waals surface area (Å²) in [5.74, 6) is -0.638. The van der Waals surface area contributed by atoms with Gasteiger partial charge >= 0.3 is 15.5 Å². The number of pyridine rings is 1. The minimum atomic E-state index is -5.36. The van der Waals surface area contributed by atoms with Crippen LogP contribution >= 0.6 is 15.9 Å². The van der Waals surface area contributed by atoms with Gasteiger partial charge in [0.15, 0.2) is 0 Å². The number of sulfonamides is 1. The number of hydrogen-bond acceptors (Lipinski definition) is 4. The average Bonchev–Trinajstić information content (AvgIpc) is 2.51. The zero-order valence-electron chi connectivity index (χ0n) is 13.1. The molecule has 6 nitrogen and oxygen atoms in total. The topological polar surface area (TPSA) is 79.4 Å². The molecule has 26 heavy (non-hydrogen) atoms. The lowest BCUT2D eigenvalue weighted by Gasteiger charge is -2.39. The Morgan fingerprint density at radius 2 is 2.00 bits per heavy atom. The van der Waals surface area contributed by atoms with Crippen LogP contribution in [0.4, 0.5) is 13.2 Å². The van der Waals surface area contributed by atoms with E-state index in [0.29, 0.717) is 16.5 Å². The molecule has 1 aliphatic rings. The van der Waals surface area contributed by atoms with Gasteiger partial charge in [0, 0.05) is 41.6 Å². The molecule has 2 heterocycles. The average molecular weight is 452 g/mol. The second-order valence-corrected chi connectivity index (χ2v) is 8.57. The van der Waals surface area contributed by atoms with Gasteiger partial charge in [0.25, 0.3) is 5.91 Å². The molecule has 1 fully saturated rings. The first-order valence-electron chi connectivity index (χ1n) is 7.48. The van der Waals surface area contributed by atoms with Gasteiger partial charge in [-0.3, -0.25) is 9.78 Å². The van der Waals surface area contributed by atoms with Crippen LogP contribution in [0.25, 0.3) is 10.9 Å². The molecule has 1 amide bonds. The Morgan fingerprint density at radius 3 is 2.65 bits per heavy atom. The molecule has 2 aromatic rings. The number of benzene rings is 1. The van der Waals surface area contributed by atoms with Gasteiger partial charge in [0.2, 0.25) is 0 Å². The van der Waals surface area contributed by atoms with Crippen LogP contribution in [0.15, 0.2) is 34.9 Å². The van der Waals surface area contributed by atoms with Crippen LogP contribution in [-0.4, -0.2) is 49.4 Å². The number of carbonyl (C=O) groups is 1. The zero-order valence-corrected chi connectivity index (χ0v) is 15.5. The lowest BCUT2D eigenvalue weighted by Crippen LogP contribution is -2.54. The fourth-order valence-electron chi connectivity index (χ4n) is 2.65. The molecular weight excluding hydrogens is 439 g/mol. The van der Waals surface area contributed by atoms with Crippen LogP contribution in [0.3, 0.4) is 0 Å². The predicted octanol–water partition coefficient (Wildman–Crippen LogP) is 2.51. The molecule has 1 saturated heterocycles. The van der Waals surface area contributed by atoms with E-state index in [1.165, 1.54) is 15.8 Å². The van der Waals surface area contributed by atoms with Gasteiger partial charge < -0.3 is 4.90 Å². The number of fused-ring (bicyclic) bond motifs is 1. The SMILES string of the molecule is O=C(c1ccnc2ccc(Br)cc12)N1CC(CNS(=O)(=O)C(F)(F)F)C1. The van der Waals surface area contributed by atoms with Gasteiger partial charge in [-0.15, -0.1) is 0 Å². The van der Waals surface area contributed by atoms with Crippen LogP contribution in [0.1, 0.15) is 10.4 Å². The monoisotopic (exact) mass is 451 g/mol. The third-order valence-corrected chi connectivity index (χ3v) is 5.69. The van der Waals surface area contributed by atoms with E-state index < -0.39 is 15.5 Å². The van der Waals surface area contributed by atoms with Crippen molar-refractivity contribution in [1.82, 2.24) is 14.6 Å². The molecule has 1 aliphatic heterocycles. The van der Waals surface area contributed by atoms with Crippen molar-refractivity contribution in [3.05, 3.63) is 40.5 Å². The highest BCUT2D eigenvalue weighted by molar-refractivity contribution is 9.10. The fourth-order valence-corrected chi connectivity index (χ4v) is 3.63. The highest BCUT2D eigenvalue weighted by Crippen LogP contribution is 2.26. The molecule has 0 radical (unpaired) electrons. The maximum atomic E-state index is 12.6. The molecule has 0 atom stereocenters. The van der Waals surface area contributed by atoms with Crippen molar-refractivity contribution in [2.75, 3.05) is 19.6 Å². The highest BCUT2D eigenvalue weighted by Gasteiger charge is 2.46. The molecule has 0 unspecified atom stereocenters. The van der Waals surface area contributed by atoms with Crippen LogP contribution in [0.5, 0.6) is 0 Å². The van der Waals surface area contributed by atoms with Crippen molar-refractivity contribution in [3.63, 3.8) is 0 Å². The van der Waals surface area contributed by atoms with Gasteiger partial charge in [0.05, 0.1) is 11.1 Å². The van der Waals surface area contributed by atoms with Crippen molar-refractivity contribution < 1.29 is 26.4 Å². The zero-order chi connectivity index (χ0) is 19.1. The van der Waals surface area contributed by atoms with Gasteiger partial charge in [-0.25, -0.2) is 13.1 Å². The molecule has 1 N–H and O–H groups in total. The maximum absolute atomic E-state index is 12.6. The maximum Gasteiger partial charge on any atom is 0.511 e. The summed E-state index contributed by atoms with van der Waals surface area (Å²) in [5.41, 5.74) is -4.25. The van der Waals surface area contributed by atoms with E-state index in [-0.39, 0.29) is 31.5 Å². The van der Waals surface area contributed by atoms with Crippen molar-refractivity contribution >= 4 is 42.8 Å². The lowest BCUT2D eigenvalue weighted by atomic mass is 9.98. The van der Waals surface area contributed by atoms with E-state index in [0.717, 1.165) is 4.47 Å². The molecule has 0 spiro atoms. The number of carbonyl (C=O) groups excluding carboxylic acids is 1. The molecule has 0 saturated carbocycles. The fraction of sp³-hybridized carbons (Fsp3) is 0.333. The standard InChI is InChI=1S/C15H13BrF3N3O3S/c16-10-1-2-13-12(5-10)11(3-4-20-13)14(23)22-7-9(8-22)6-21-26(24,25)15(17,18)19/h1-5,9,21H,6-8H2. The minimum Gasteiger partial charge on any atom is -0.338 e. The summed E-state index contributed by atoms with van der Waals surface area (Å²) < 4.78 is 61.1. The van der Waals surface area contributed by atoms with E-state index in [1.807, 2.05) is 0 Å². The second kappa shape index (κ2) is 6.78. The summed E-state index contributed by atoms with van der Waals surface area (Å²) in [4.78, 5) is 18.3. The Hall–Kier alpha value is -1.72. The highest BCUT2D eigenvalue weighted by atomic mass is 79.9. The molecule has 0 bridgehead atoms. The van der Waals surface area contributed by atoms with E-state index in [4.69, 9.17) is 0 Å². The molecule has 3 rings (SSSR count). The molecule has 11 heteroatoms. The second-order valence-electron chi connectivity index (χ2n) is 5.89. The van der Waals surface area contributed by atoms with Crippen LogP contribution in [-0.2, 0) is 10.0 Å².